The topological polar surface area (TPSA) is 66.4 Å². The first-order valence-electron chi connectivity index (χ1n) is 4.53. The number of carboxylic acids is 1. The highest BCUT2D eigenvalue weighted by Gasteiger charge is 2.39. The van der Waals surface area contributed by atoms with Crippen molar-refractivity contribution >= 4 is 11.9 Å². The fraction of sp³-hybridized carbons (Fsp3) is 0.778. The van der Waals surface area contributed by atoms with Gasteiger partial charge in [0.25, 0.3) is 0 Å². The highest BCUT2D eigenvalue weighted by atomic mass is 16.4. The minimum atomic E-state index is -0.878. The molecule has 0 bridgehead atoms. The van der Waals surface area contributed by atoms with Crippen molar-refractivity contribution in [2.75, 3.05) is 0 Å². The van der Waals surface area contributed by atoms with E-state index >= 15 is 0 Å². The summed E-state index contributed by atoms with van der Waals surface area (Å²) >= 11 is 0. The number of rotatable bonds is 4. The van der Waals surface area contributed by atoms with Crippen molar-refractivity contribution in [2.45, 2.75) is 32.7 Å². The summed E-state index contributed by atoms with van der Waals surface area (Å²) in [4.78, 5) is 21.6. The second-order valence-corrected chi connectivity index (χ2v) is 3.83. The van der Waals surface area contributed by atoms with Crippen LogP contribution in [-0.2, 0) is 9.59 Å². The van der Waals surface area contributed by atoms with Crippen LogP contribution in [0.3, 0.4) is 0 Å². The molecule has 0 aliphatic heterocycles. The molecule has 13 heavy (non-hydrogen) atoms. The lowest BCUT2D eigenvalue weighted by Gasteiger charge is -2.10. The Morgan fingerprint density at radius 1 is 1.62 bits per heavy atom. The predicted molar refractivity (Wildman–Crippen MR) is 47.1 cm³/mol. The van der Waals surface area contributed by atoms with E-state index < -0.39 is 5.97 Å². The molecule has 0 spiro atoms. The van der Waals surface area contributed by atoms with Gasteiger partial charge in [0.15, 0.2) is 0 Å². The summed E-state index contributed by atoms with van der Waals surface area (Å²) in [5.41, 5.74) is 0. The van der Waals surface area contributed by atoms with Gasteiger partial charge < -0.3 is 10.4 Å². The normalized spacial score (nSPS) is 27.8. The van der Waals surface area contributed by atoms with Crippen molar-refractivity contribution in [3.63, 3.8) is 0 Å². The predicted octanol–water partition coefficient (Wildman–Crippen LogP) is 0.622. The summed E-state index contributed by atoms with van der Waals surface area (Å²) in [5.74, 6) is -0.286. The molecule has 3 atom stereocenters. The van der Waals surface area contributed by atoms with Gasteiger partial charge in [-0.25, -0.2) is 0 Å². The van der Waals surface area contributed by atoms with Crippen molar-refractivity contribution in [1.82, 2.24) is 5.32 Å². The zero-order chi connectivity index (χ0) is 10.0. The number of aliphatic carboxylic acids is 1. The molecule has 0 heterocycles. The Balaban J connectivity index is 2.23. The van der Waals surface area contributed by atoms with E-state index in [0.29, 0.717) is 5.92 Å². The molecule has 2 N–H and O–H groups in total. The summed E-state index contributed by atoms with van der Waals surface area (Å²) in [6.07, 6.45) is 0.929. The first-order valence-corrected chi connectivity index (χ1v) is 4.53. The van der Waals surface area contributed by atoms with Crippen LogP contribution in [-0.4, -0.2) is 23.0 Å². The Morgan fingerprint density at radius 3 is 2.54 bits per heavy atom. The van der Waals surface area contributed by atoms with Gasteiger partial charge in [0.05, 0.1) is 6.42 Å². The minimum absolute atomic E-state index is 0.00116. The Labute approximate surface area is 77.3 Å². The monoisotopic (exact) mass is 185 g/mol. The van der Waals surface area contributed by atoms with Gasteiger partial charge in [0, 0.05) is 12.0 Å². The molecule has 0 aromatic rings. The number of amides is 1. The SMILES string of the molecule is CC(CC(=O)O)NC(=O)C1CC1C. The number of carbonyl (C=O) groups is 2. The van der Waals surface area contributed by atoms with Gasteiger partial charge in [-0.15, -0.1) is 0 Å². The quantitative estimate of drug-likeness (QED) is 0.674. The van der Waals surface area contributed by atoms with Crippen LogP contribution in [0.1, 0.15) is 26.7 Å². The Kier molecular flexibility index (Phi) is 2.90. The fourth-order valence-corrected chi connectivity index (χ4v) is 1.35. The minimum Gasteiger partial charge on any atom is -0.481 e. The van der Waals surface area contributed by atoms with Gasteiger partial charge in [0.1, 0.15) is 0 Å². The van der Waals surface area contributed by atoms with E-state index in [1.807, 2.05) is 6.92 Å². The first kappa shape index (κ1) is 10.0. The van der Waals surface area contributed by atoms with Crippen LogP contribution in [0, 0.1) is 11.8 Å². The number of carbonyl (C=O) groups excluding carboxylic acids is 1. The third-order valence-corrected chi connectivity index (χ3v) is 2.32. The molecule has 0 aromatic carbocycles. The maximum atomic E-state index is 11.3. The van der Waals surface area contributed by atoms with E-state index in [1.54, 1.807) is 6.92 Å². The number of nitrogens with one attached hydrogen (secondary N) is 1. The Hall–Kier alpha value is -1.06. The smallest absolute Gasteiger partial charge is 0.305 e. The van der Waals surface area contributed by atoms with E-state index in [0.717, 1.165) is 6.42 Å². The summed E-state index contributed by atoms with van der Waals surface area (Å²) < 4.78 is 0. The van der Waals surface area contributed by atoms with Gasteiger partial charge in [-0.3, -0.25) is 9.59 Å². The lowest BCUT2D eigenvalue weighted by Crippen LogP contribution is -2.35. The molecule has 4 heteroatoms. The largest absolute Gasteiger partial charge is 0.481 e. The maximum absolute atomic E-state index is 11.3. The zero-order valence-electron chi connectivity index (χ0n) is 7.91. The molecule has 3 unspecified atom stereocenters. The van der Waals surface area contributed by atoms with Gasteiger partial charge in [-0.05, 0) is 19.3 Å². The molecule has 1 rings (SSSR count). The van der Waals surface area contributed by atoms with Crippen molar-refractivity contribution < 1.29 is 14.7 Å². The molecular formula is C9H15NO3. The van der Waals surface area contributed by atoms with E-state index in [2.05, 4.69) is 5.32 Å². The van der Waals surface area contributed by atoms with Crippen molar-refractivity contribution in [3.05, 3.63) is 0 Å². The second kappa shape index (κ2) is 3.77. The molecule has 74 valence electrons. The Bertz CT molecular complexity index is 227. The molecule has 1 fully saturated rings. The Morgan fingerprint density at radius 2 is 2.15 bits per heavy atom. The van der Waals surface area contributed by atoms with E-state index in [1.165, 1.54) is 0 Å². The second-order valence-electron chi connectivity index (χ2n) is 3.83. The van der Waals surface area contributed by atoms with Crippen molar-refractivity contribution in [2.24, 2.45) is 11.8 Å². The molecule has 0 radical (unpaired) electrons. The van der Waals surface area contributed by atoms with Crippen LogP contribution in [0.25, 0.3) is 0 Å². The summed E-state index contributed by atoms with van der Waals surface area (Å²) in [5, 5.41) is 11.1. The van der Waals surface area contributed by atoms with Gasteiger partial charge >= 0.3 is 5.97 Å². The molecule has 0 saturated heterocycles. The van der Waals surface area contributed by atoms with E-state index in [4.69, 9.17) is 5.11 Å². The molecule has 1 aliphatic rings. The van der Waals surface area contributed by atoms with Crippen LogP contribution < -0.4 is 5.32 Å². The third-order valence-electron chi connectivity index (χ3n) is 2.32. The highest BCUT2D eigenvalue weighted by Crippen LogP contribution is 2.37. The van der Waals surface area contributed by atoms with Gasteiger partial charge in [-0.2, -0.15) is 0 Å². The molecule has 1 saturated carbocycles. The van der Waals surface area contributed by atoms with Crippen LogP contribution in [0.15, 0.2) is 0 Å². The molecule has 4 nitrogen and oxygen atoms in total. The molecule has 1 aliphatic carbocycles. The van der Waals surface area contributed by atoms with Gasteiger partial charge in [0.2, 0.25) is 5.91 Å². The zero-order valence-corrected chi connectivity index (χ0v) is 7.91. The lowest BCUT2D eigenvalue weighted by molar-refractivity contribution is -0.137. The van der Waals surface area contributed by atoms with Crippen LogP contribution in [0.2, 0.25) is 0 Å². The van der Waals surface area contributed by atoms with Crippen LogP contribution >= 0.6 is 0 Å². The molecular weight excluding hydrogens is 170 g/mol. The van der Waals surface area contributed by atoms with Crippen LogP contribution in [0.4, 0.5) is 0 Å². The third kappa shape index (κ3) is 3.05. The molecule has 0 aromatic heterocycles. The van der Waals surface area contributed by atoms with E-state index in [9.17, 15) is 9.59 Å². The number of hydrogen-bond donors (Lipinski definition) is 2. The van der Waals surface area contributed by atoms with Crippen LogP contribution in [0.5, 0.6) is 0 Å². The number of hydrogen-bond acceptors (Lipinski definition) is 2. The highest BCUT2D eigenvalue weighted by molar-refractivity contribution is 5.82. The fourth-order valence-electron chi connectivity index (χ4n) is 1.35. The summed E-state index contributed by atoms with van der Waals surface area (Å²) in [7, 11) is 0. The average Bonchev–Trinajstić information content (AvgIpc) is 2.64. The standard InChI is InChI=1S/C9H15NO3/c1-5-3-7(5)9(13)10-6(2)4-8(11)12/h5-7H,3-4H2,1-2H3,(H,10,13)(H,11,12). The van der Waals surface area contributed by atoms with Crippen molar-refractivity contribution in [1.29, 1.82) is 0 Å². The summed E-state index contributed by atoms with van der Waals surface area (Å²) in [6.45, 7) is 3.73. The van der Waals surface area contributed by atoms with Gasteiger partial charge in [-0.1, -0.05) is 6.92 Å². The maximum Gasteiger partial charge on any atom is 0.305 e. The van der Waals surface area contributed by atoms with Crippen molar-refractivity contribution in [3.8, 4) is 0 Å². The first-order chi connectivity index (χ1) is 6.00. The number of carboxylic acid groups (broad SMARTS) is 1. The van der Waals surface area contributed by atoms with E-state index in [-0.39, 0.29) is 24.3 Å². The average molecular weight is 185 g/mol. The lowest BCUT2D eigenvalue weighted by atomic mass is 10.2. The summed E-state index contributed by atoms with van der Waals surface area (Å²) in [6, 6.07) is -0.266. The molecule has 1 amide bonds.